The van der Waals surface area contributed by atoms with Crippen LogP contribution in [0.4, 0.5) is 0 Å². The molecule has 0 bridgehead atoms. The summed E-state index contributed by atoms with van der Waals surface area (Å²) in [7, 11) is 0. The summed E-state index contributed by atoms with van der Waals surface area (Å²) < 4.78 is 1.20. The topological polar surface area (TPSA) is 71.7 Å². The number of hydrogen-bond donors (Lipinski definition) is 1. The number of hydrogen-bond acceptors (Lipinski definition) is 3. The Kier molecular flexibility index (Phi) is 3.06. The van der Waals surface area contributed by atoms with E-state index in [9.17, 15) is 9.59 Å². The van der Waals surface area contributed by atoms with Crippen LogP contribution >= 0.6 is 12.4 Å². The van der Waals surface area contributed by atoms with Crippen molar-refractivity contribution in [2.24, 2.45) is 0 Å². The highest BCUT2D eigenvalue weighted by Gasteiger charge is 2.10. The predicted octanol–water partition coefficient (Wildman–Crippen LogP) is 0.814. The monoisotopic (exact) mass is 226 g/mol. The summed E-state index contributed by atoms with van der Waals surface area (Å²) in [5.74, 6) is -1.26. The van der Waals surface area contributed by atoms with Gasteiger partial charge in [0.2, 0.25) is 0 Å². The Hall–Kier alpha value is -1.88. The third-order valence-electron chi connectivity index (χ3n) is 1.84. The van der Waals surface area contributed by atoms with Crippen molar-refractivity contribution in [3.8, 4) is 0 Å². The first-order valence-corrected chi connectivity index (χ1v) is 3.90. The highest BCUT2D eigenvalue weighted by molar-refractivity contribution is 5.86. The molecule has 0 radical (unpaired) electrons. The van der Waals surface area contributed by atoms with Crippen LogP contribution in [0.5, 0.6) is 0 Å². The van der Waals surface area contributed by atoms with Crippen molar-refractivity contribution in [3.05, 3.63) is 46.5 Å². The van der Waals surface area contributed by atoms with Gasteiger partial charge in [-0.1, -0.05) is 6.07 Å². The van der Waals surface area contributed by atoms with E-state index in [0.717, 1.165) is 6.20 Å². The van der Waals surface area contributed by atoms with E-state index in [1.807, 2.05) is 0 Å². The minimum atomic E-state index is -1.26. The van der Waals surface area contributed by atoms with Gasteiger partial charge in [-0.05, 0) is 12.1 Å². The van der Waals surface area contributed by atoms with Gasteiger partial charge in [-0.25, -0.2) is 9.78 Å². The fourth-order valence-electron chi connectivity index (χ4n) is 1.17. The van der Waals surface area contributed by atoms with E-state index in [4.69, 9.17) is 5.11 Å². The second kappa shape index (κ2) is 4.10. The predicted molar refractivity (Wildman–Crippen MR) is 55.7 cm³/mol. The molecule has 78 valence electrons. The Morgan fingerprint density at radius 3 is 2.80 bits per heavy atom. The second-order valence-electron chi connectivity index (χ2n) is 2.71. The van der Waals surface area contributed by atoms with Crippen LogP contribution in [0.2, 0.25) is 0 Å². The van der Waals surface area contributed by atoms with Crippen LogP contribution < -0.4 is 5.56 Å². The molecule has 0 aromatic carbocycles. The zero-order valence-electron chi connectivity index (χ0n) is 7.45. The van der Waals surface area contributed by atoms with Crippen LogP contribution in [0.25, 0.3) is 5.65 Å². The van der Waals surface area contributed by atoms with Gasteiger partial charge in [-0.15, -0.1) is 12.4 Å². The lowest BCUT2D eigenvalue weighted by atomic mass is 10.3. The molecule has 6 heteroatoms. The van der Waals surface area contributed by atoms with Crippen LogP contribution in [0, 0.1) is 0 Å². The first-order chi connectivity index (χ1) is 6.70. The number of fused-ring (bicyclic) bond motifs is 1. The summed E-state index contributed by atoms with van der Waals surface area (Å²) in [4.78, 5) is 26.0. The van der Waals surface area contributed by atoms with Gasteiger partial charge in [0.05, 0.1) is 0 Å². The number of aromatic carboxylic acids is 1. The Bertz CT molecular complexity index is 565. The van der Waals surface area contributed by atoms with E-state index in [0.29, 0.717) is 5.65 Å². The van der Waals surface area contributed by atoms with Crippen LogP contribution in [-0.4, -0.2) is 20.5 Å². The molecule has 5 nitrogen and oxygen atoms in total. The molecule has 0 amide bonds. The minimum absolute atomic E-state index is 0. The lowest BCUT2D eigenvalue weighted by molar-refractivity contribution is 0.0694. The normalized spacial score (nSPS) is 9.60. The van der Waals surface area contributed by atoms with Gasteiger partial charge >= 0.3 is 5.97 Å². The van der Waals surface area contributed by atoms with E-state index >= 15 is 0 Å². The SMILES string of the molecule is Cl.O=C(O)c1cnc2ccccn2c1=O. The van der Waals surface area contributed by atoms with Crippen LogP contribution in [0.15, 0.2) is 35.4 Å². The van der Waals surface area contributed by atoms with Crippen molar-refractivity contribution in [2.45, 2.75) is 0 Å². The van der Waals surface area contributed by atoms with E-state index in [1.54, 1.807) is 18.2 Å². The Labute approximate surface area is 90.4 Å². The summed E-state index contributed by atoms with van der Waals surface area (Å²) in [6.07, 6.45) is 2.55. The number of aromatic nitrogens is 2. The quantitative estimate of drug-likeness (QED) is 0.781. The number of halogens is 1. The molecule has 1 N–H and O–H groups in total. The smallest absolute Gasteiger partial charge is 0.342 e. The fraction of sp³-hybridized carbons (Fsp3) is 0. The lowest BCUT2D eigenvalue weighted by Crippen LogP contribution is -2.22. The average molecular weight is 227 g/mol. The molecule has 0 saturated carbocycles. The fourth-order valence-corrected chi connectivity index (χ4v) is 1.17. The molecule has 0 aliphatic carbocycles. The molecule has 0 aliphatic rings. The molecule has 0 aliphatic heterocycles. The number of pyridine rings is 1. The largest absolute Gasteiger partial charge is 0.477 e. The molecule has 2 heterocycles. The number of carbonyl (C=O) groups is 1. The third-order valence-corrected chi connectivity index (χ3v) is 1.84. The molecule has 0 atom stereocenters. The molecule has 2 rings (SSSR count). The maximum absolute atomic E-state index is 11.5. The molecule has 0 unspecified atom stereocenters. The maximum Gasteiger partial charge on any atom is 0.342 e. The number of carboxylic acid groups (broad SMARTS) is 1. The average Bonchev–Trinajstić information content (AvgIpc) is 2.18. The number of nitrogens with zero attached hydrogens (tertiary/aromatic N) is 2. The highest BCUT2D eigenvalue weighted by Crippen LogP contribution is 1.96. The summed E-state index contributed by atoms with van der Waals surface area (Å²) in [6, 6.07) is 5.00. The molecule has 2 aromatic rings. The first-order valence-electron chi connectivity index (χ1n) is 3.90. The van der Waals surface area contributed by atoms with Crippen LogP contribution in [0.3, 0.4) is 0 Å². The Balaban J connectivity index is 0.00000112. The van der Waals surface area contributed by atoms with Crippen molar-refractivity contribution in [1.29, 1.82) is 0 Å². The van der Waals surface area contributed by atoms with Crippen molar-refractivity contribution in [1.82, 2.24) is 9.38 Å². The van der Waals surface area contributed by atoms with E-state index in [2.05, 4.69) is 4.98 Å². The molecule has 0 fully saturated rings. The highest BCUT2D eigenvalue weighted by atomic mass is 35.5. The van der Waals surface area contributed by atoms with Gasteiger partial charge in [0.15, 0.2) is 0 Å². The second-order valence-corrected chi connectivity index (χ2v) is 2.71. The number of rotatable bonds is 1. The molecular weight excluding hydrogens is 220 g/mol. The summed E-state index contributed by atoms with van der Waals surface area (Å²) >= 11 is 0. The van der Waals surface area contributed by atoms with Crippen molar-refractivity contribution >= 4 is 24.0 Å². The lowest BCUT2D eigenvalue weighted by Gasteiger charge is -1.99. The molecular formula is C9H7ClN2O3. The summed E-state index contributed by atoms with van der Waals surface area (Å²) in [6.45, 7) is 0. The Morgan fingerprint density at radius 1 is 1.40 bits per heavy atom. The van der Waals surface area contributed by atoms with Crippen LogP contribution in [-0.2, 0) is 0 Å². The summed E-state index contributed by atoms with van der Waals surface area (Å²) in [5, 5.41) is 8.67. The minimum Gasteiger partial charge on any atom is -0.477 e. The Morgan fingerprint density at radius 2 is 2.13 bits per heavy atom. The van der Waals surface area contributed by atoms with E-state index in [-0.39, 0.29) is 18.0 Å². The molecule has 2 aromatic heterocycles. The van der Waals surface area contributed by atoms with Gasteiger partial charge in [0.25, 0.3) is 5.56 Å². The van der Waals surface area contributed by atoms with E-state index < -0.39 is 11.5 Å². The van der Waals surface area contributed by atoms with Gasteiger partial charge in [-0.2, -0.15) is 0 Å². The molecule has 0 spiro atoms. The number of carboxylic acids is 1. The molecule has 15 heavy (non-hydrogen) atoms. The third kappa shape index (κ3) is 1.82. The summed E-state index contributed by atoms with van der Waals surface area (Å²) in [5.41, 5.74) is -0.459. The standard InChI is InChI=1S/C9H6N2O3.ClH/c12-8-6(9(13)14)5-10-7-3-1-2-4-11(7)8;/h1-5H,(H,13,14);1H. The first kappa shape index (κ1) is 11.2. The maximum atomic E-state index is 11.5. The van der Waals surface area contributed by atoms with Crippen molar-refractivity contribution in [3.63, 3.8) is 0 Å². The van der Waals surface area contributed by atoms with Crippen molar-refractivity contribution in [2.75, 3.05) is 0 Å². The molecule has 0 saturated heterocycles. The van der Waals surface area contributed by atoms with Gasteiger partial charge in [0.1, 0.15) is 11.2 Å². The zero-order chi connectivity index (χ0) is 10.1. The van der Waals surface area contributed by atoms with Crippen LogP contribution in [0.1, 0.15) is 10.4 Å². The van der Waals surface area contributed by atoms with E-state index in [1.165, 1.54) is 10.6 Å². The van der Waals surface area contributed by atoms with Gasteiger partial charge < -0.3 is 5.11 Å². The van der Waals surface area contributed by atoms with Gasteiger partial charge in [0, 0.05) is 12.4 Å². The zero-order valence-corrected chi connectivity index (χ0v) is 8.27. The van der Waals surface area contributed by atoms with Crippen molar-refractivity contribution < 1.29 is 9.90 Å². The van der Waals surface area contributed by atoms with Gasteiger partial charge in [-0.3, -0.25) is 9.20 Å².